The van der Waals surface area contributed by atoms with Crippen LogP contribution in [0.4, 0.5) is 4.79 Å². The Morgan fingerprint density at radius 1 is 1.56 bits per heavy atom. The Bertz CT molecular complexity index is 476. The van der Waals surface area contributed by atoms with E-state index in [1.54, 1.807) is 24.4 Å². The van der Waals surface area contributed by atoms with E-state index in [9.17, 15) is 9.59 Å². The molecule has 6 heteroatoms. The van der Waals surface area contributed by atoms with E-state index in [4.69, 9.17) is 5.73 Å². The van der Waals surface area contributed by atoms with E-state index < -0.39 is 18.1 Å². The van der Waals surface area contributed by atoms with Crippen LogP contribution >= 0.6 is 0 Å². The van der Waals surface area contributed by atoms with Crippen LogP contribution in [0.15, 0.2) is 24.4 Å². The number of ether oxygens (including phenoxy) is 1. The molecule has 1 heterocycles. The summed E-state index contributed by atoms with van der Waals surface area (Å²) in [5, 5.41) is 2.36. The molecule has 3 N–H and O–H groups in total. The van der Waals surface area contributed by atoms with Gasteiger partial charge in [0.1, 0.15) is 5.69 Å². The summed E-state index contributed by atoms with van der Waals surface area (Å²) in [6.45, 7) is 0. The maximum Gasteiger partial charge on any atom is 0.405 e. The molecule has 1 unspecified atom stereocenters. The fourth-order valence-corrected chi connectivity index (χ4v) is 1.16. The monoisotopic (exact) mass is 247 g/mol. The fraction of sp³-hybridized carbons (Fsp3) is 0.250. The number of nitrogens with one attached hydrogen (secondary N) is 1. The summed E-state index contributed by atoms with van der Waals surface area (Å²) in [6.07, 6.45) is -0.355. The average Bonchev–Trinajstić information content (AvgIpc) is 2.37. The molecule has 0 aliphatic carbocycles. The number of likely N-dealkylation sites (N-methyl/N-ethyl adjacent to an activating group) is 1. The molecule has 0 aliphatic heterocycles. The molecule has 0 spiro atoms. The van der Waals surface area contributed by atoms with E-state index in [0.29, 0.717) is 5.69 Å². The minimum absolute atomic E-state index is 0.0547. The van der Waals surface area contributed by atoms with Crippen LogP contribution in [0.2, 0.25) is 0 Å². The molecule has 0 aromatic carbocycles. The van der Waals surface area contributed by atoms with Crippen LogP contribution < -0.4 is 11.1 Å². The van der Waals surface area contributed by atoms with Gasteiger partial charge in [-0.25, -0.2) is 9.78 Å². The summed E-state index contributed by atoms with van der Waals surface area (Å²) in [4.78, 5) is 26.0. The largest absolute Gasteiger partial charge is 0.435 e. The highest BCUT2D eigenvalue weighted by Gasteiger charge is 2.19. The molecular weight excluding hydrogens is 234 g/mol. The van der Waals surface area contributed by atoms with Crippen molar-refractivity contribution >= 4 is 12.0 Å². The first-order valence-electron chi connectivity index (χ1n) is 5.21. The summed E-state index contributed by atoms with van der Waals surface area (Å²) >= 11 is 0. The van der Waals surface area contributed by atoms with Crippen LogP contribution in [0.1, 0.15) is 12.1 Å². The zero-order valence-electron chi connectivity index (χ0n) is 9.84. The SMILES string of the molecule is CNC(=O)C(CC#Cc1ccccn1)OC(N)=O. The summed E-state index contributed by atoms with van der Waals surface area (Å²) < 4.78 is 4.64. The van der Waals surface area contributed by atoms with Crippen LogP contribution in [0.5, 0.6) is 0 Å². The lowest BCUT2D eigenvalue weighted by molar-refractivity contribution is -0.128. The Labute approximate surface area is 105 Å². The van der Waals surface area contributed by atoms with Crippen molar-refractivity contribution in [1.29, 1.82) is 0 Å². The van der Waals surface area contributed by atoms with Gasteiger partial charge in [-0.2, -0.15) is 0 Å². The molecule has 0 aliphatic rings. The lowest BCUT2D eigenvalue weighted by Gasteiger charge is -2.11. The third-order valence-corrected chi connectivity index (χ3v) is 1.97. The van der Waals surface area contributed by atoms with Gasteiger partial charge in [0.2, 0.25) is 0 Å². The fourth-order valence-electron chi connectivity index (χ4n) is 1.16. The second-order valence-electron chi connectivity index (χ2n) is 3.26. The third kappa shape index (κ3) is 4.53. The number of aromatic nitrogens is 1. The first-order chi connectivity index (χ1) is 8.63. The quantitative estimate of drug-likeness (QED) is 0.737. The Balaban J connectivity index is 2.65. The van der Waals surface area contributed by atoms with Crippen LogP contribution in [0.3, 0.4) is 0 Å². The molecule has 1 rings (SSSR count). The van der Waals surface area contributed by atoms with Gasteiger partial charge in [-0.3, -0.25) is 4.79 Å². The second kappa shape index (κ2) is 6.91. The molecule has 0 radical (unpaired) electrons. The van der Waals surface area contributed by atoms with Crippen molar-refractivity contribution < 1.29 is 14.3 Å². The number of carbonyl (C=O) groups excluding carboxylic acids is 2. The number of hydrogen-bond acceptors (Lipinski definition) is 4. The van der Waals surface area contributed by atoms with Gasteiger partial charge in [-0.15, -0.1) is 0 Å². The van der Waals surface area contributed by atoms with Gasteiger partial charge < -0.3 is 15.8 Å². The molecule has 1 aromatic rings. The van der Waals surface area contributed by atoms with Crippen molar-refractivity contribution in [3.8, 4) is 11.8 Å². The van der Waals surface area contributed by atoms with Gasteiger partial charge in [-0.1, -0.05) is 12.0 Å². The topological polar surface area (TPSA) is 94.3 Å². The Kier molecular flexibility index (Phi) is 5.19. The van der Waals surface area contributed by atoms with Crippen molar-refractivity contribution in [2.75, 3.05) is 7.05 Å². The molecule has 94 valence electrons. The number of amides is 2. The van der Waals surface area contributed by atoms with Crippen LogP contribution in [0.25, 0.3) is 0 Å². The van der Waals surface area contributed by atoms with Gasteiger partial charge in [0.15, 0.2) is 6.10 Å². The molecule has 2 amide bonds. The summed E-state index contributed by atoms with van der Waals surface area (Å²) in [6, 6.07) is 5.30. The zero-order chi connectivity index (χ0) is 13.4. The predicted octanol–water partition coefficient (Wildman–Crippen LogP) is 0.0331. The van der Waals surface area contributed by atoms with Gasteiger partial charge in [-0.05, 0) is 18.1 Å². The molecule has 1 atom stereocenters. The molecule has 1 aromatic heterocycles. The standard InChI is InChI=1S/C12H13N3O3/c1-14-11(16)10(18-12(13)17)7-4-6-9-5-2-3-8-15-9/h2-3,5,8,10H,7H2,1H3,(H2,13,17)(H,14,16). The maximum absolute atomic E-state index is 11.4. The molecule has 0 saturated heterocycles. The maximum atomic E-state index is 11.4. The minimum Gasteiger partial charge on any atom is -0.435 e. The molecule has 18 heavy (non-hydrogen) atoms. The Hall–Kier alpha value is -2.55. The number of nitrogens with zero attached hydrogens (tertiary/aromatic N) is 1. The van der Waals surface area contributed by atoms with E-state index >= 15 is 0 Å². The van der Waals surface area contributed by atoms with Gasteiger partial charge in [0.25, 0.3) is 5.91 Å². The third-order valence-electron chi connectivity index (χ3n) is 1.97. The second-order valence-corrected chi connectivity index (χ2v) is 3.26. The number of nitrogens with two attached hydrogens (primary N) is 1. The first-order valence-corrected chi connectivity index (χ1v) is 5.21. The van der Waals surface area contributed by atoms with Crippen molar-refractivity contribution in [1.82, 2.24) is 10.3 Å². The van der Waals surface area contributed by atoms with Gasteiger partial charge in [0, 0.05) is 13.2 Å². The highest BCUT2D eigenvalue weighted by atomic mass is 16.6. The normalized spacial score (nSPS) is 10.7. The lowest BCUT2D eigenvalue weighted by atomic mass is 10.2. The molecule has 0 saturated carbocycles. The van der Waals surface area contributed by atoms with Crippen LogP contribution in [-0.4, -0.2) is 30.1 Å². The number of rotatable bonds is 3. The van der Waals surface area contributed by atoms with E-state index in [1.165, 1.54) is 7.05 Å². The highest BCUT2D eigenvalue weighted by molar-refractivity contribution is 5.83. The van der Waals surface area contributed by atoms with Crippen molar-refractivity contribution in [2.45, 2.75) is 12.5 Å². The number of pyridine rings is 1. The van der Waals surface area contributed by atoms with E-state index in [0.717, 1.165) is 0 Å². The average molecular weight is 247 g/mol. The lowest BCUT2D eigenvalue weighted by Crippen LogP contribution is -2.36. The predicted molar refractivity (Wildman–Crippen MR) is 64.3 cm³/mol. The summed E-state index contributed by atoms with van der Waals surface area (Å²) in [5.41, 5.74) is 5.44. The van der Waals surface area contributed by atoms with E-state index in [-0.39, 0.29) is 6.42 Å². The smallest absolute Gasteiger partial charge is 0.405 e. The van der Waals surface area contributed by atoms with Gasteiger partial charge >= 0.3 is 6.09 Å². The van der Waals surface area contributed by atoms with Crippen molar-refractivity contribution in [2.24, 2.45) is 5.73 Å². The number of carbonyl (C=O) groups is 2. The zero-order valence-corrected chi connectivity index (χ0v) is 9.84. The number of hydrogen-bond donors (Lipinski definition) is 2. The Morgan fingerprint density at radius 2 is 2.33 bits per heavy atom. The van der Waals surface area contributed by atoms with E-state index in [2.05, 4.69) is 26.9 Å². The van der Waals surface area contributed by atoms with Crippen LogP contribution in [-0.2, 0) is 9.53 Å². The van der Waals surface area contributed by atoms with Gasteiger partial charge in [0.05, 0.1) is 6.42 Å². The van der Waals surface area contributed by atoms with Crippen LogP contribution in [0, 0.1) is 11.8 Å². The van der Waals surface area contributed by atoms with Crippen molar-refractivity contribution in [3.63, 3.8) is 0 Å². The molecule has 0 fully saturated rings. The summed E-state index contributed by atoms with van der Waals surface area (Å²) in [5.74, 6) is 5.02. The Morgan fingerprint density at radius 3 is 2.89 bits per heavy atom. The molecule has 6 nitrogen and oxygen atoms in total. The summed E-state index contributed by atoms with van der Waals surface area (Å²) in [7, 11) is 1.44. The molecular formula is C12H13N3O3. The van der Waals surface area contributed by atoms with Crippen molar-refractivity contribution in [3.05, 3.63) is 30.1 Å². The minimum atomic E-state index is -1.01. The van der Waals surface area contributed by atoms with E-state index in [1.807, 2.05) is 0 Å². The molecule has 0 bridgehead atoms. The highest BCUT2D eigenvalue weighted by Crippen LogP contribution is 1.98. The first kappa shape index (κ1) is 13.5. The number of primary amides is 1.